The van der Waals surface area contributed by atoms with Gasteiger partial charge in [-0.3, -0.25) is 9.79 Å². The first kappa shape index (κ1) is 29.7. The second-order valence-electron chi connectivity index (χ2n) is 10.5. The van der Waals surface area contributed by atoms with E-state index in [0.29, 0.717) is 68.1 Å². The Hall–Kier alpha value is -5.31. The molecule has 0 N–H and O–H groups in total. The van der Waals surface area contributed by atoms with Crippen molar-refractivity contribution in [1.82, 2.24) is 14.8 Å². The lowest BCUT2D eigenvalue weighted by Crippen LogP contribution is -2.55. The van der Waals surface area contributed by atoms with Gasteiger partial charge in [-0.2, -0.15) is 5.26 Å². The molecule has 1 atom stereocenters. The highest BCUT2D eigenvalue weighted by Crippen LogP contribution is 2.37. The van der Waals surface area contributed by atoms with Gasteiger partial charge in [0.15, 0.2) is 23.5 Å². The van der Waals surface area contributed by atoms with E-state index in [9.17, 15) is 10.1 Å². The zero-order chi connectivity index (χ0) is 31.2. The van der Waals surface area contributed by atoms with Crippen molar-refractivity contribution in [3.05, 3.63) is 102 Å². The number of anilines is 1. The van der Waals surface area contributed by atoms with Crippen LogP contribution in [0.5, 0.6) is 11.5 Å². The summed E-state index contributed by atoms with van der Waals surface area (Å²) in [6, 6.07) is 21.2. The molecule has 2 aliphatic heterocycles. The van der Waals surface area contributed by atoms with Gasteiger partial charge in [0.05, 0.1) is 13.7 Å². The van der Waals surface area contributed by atoms with Crippen molar-refractivity contribution in [1.29, 1.82) is 5.26 Å². The van der Waals surface area contributed by atoms with Crippen molar-refractivity contribution in [2.45, 2.75) is 6.04 Å². The van der Waals surface area contributed by atoms with Gasteiger partial charge in [0.2, 0.25) is 6.41 Å². The number of piperazine rings is 1. The maximum atomic E-state index is 12.6. The summed E-state index contributed by atoms with van der Waals surface area (Å²) in [6.07, 6.45) is 8.37. The van der Waals surface area contributed by atoms with Crippen LogP contribution in [-0.4, -0.2) is 87.2 Å². The van der Waals surface area contributed by atoms with Crippen LogP contribution in [-0.2, 0) is 19.0 Å². The number of nitriles is 1. The molecule has 1 fully saturated rings. The number of hydrogen-bond acceptors (Lipinski definition) is 10. The number of ether oxygens (including phenoxy) is 4. The van der Waals surface area contributed by atoms with Crippen molar-refractivity contribution >= 4 is 29.2 Å². The van der Waals surface area contributed by atoms with Gasteiger partial charge in [-0.1, -0.05) is 48.5 Å². The van der Waals surface area contributed by atoms with E-state index in [2.05, 4.69) is 16.1 Å². The highest BCUT2D eigenvalue weighted by atomic mass is 16.5. The van der Waals surface area contributed by atoms with Crippen molar-refractivity contribution < 1.29 is 23.7 Å². The van der Waals surface area contributed by atoms with Gasteiger partial charge in [0, 0.05) is 44.2 Å². The molecule has 11 nitrogen and oxygen atoms in total. The molecule has 6 rings (SSSR count). The Morgan fingerprint density at radius 3 is 2.49 bits per heavy atom. The molecule has 0 saturated carbocycles. The third-order valence-corrected chi connectivity index (χ3v) is 7.90. The van der Waals surface area contributed by atoms with Crippen LogP contribution in [0.4, 0.5) is 5.69 Å². The number of nitrogens with zero attached hydrogens (tertiary/aromatic N) is 6. The molecule has 2 heterocycles. The lowest BCUT2D eigenvalue weighted by atomic mass is 9.98. The quantitative estimate of drug-likeness (QED) is 0.176. The third kappa shape index (κ3) is 6.06. The summed E-state index contributed by atoms with van der Waals surface area (Å²) < 4.78 is 23.0. The minimum Gasteiger partial charge on any atom is -0.493 e. The van der Waals surface area contributed by atoms with E-state index < -0.39 is 0 Å². The van der Waals surface area contributed by atoms with E-state index in [4.69, 9.17) is 18.9 Å². The summed E-state index contributed by atoms with van der Waals surface area (Å²) in [5, 5.41) is 15.6. The summed E-state index contributed by atoms with van der Waals surface area (Å²) in [6.45, 7) is 3.00. The molecule has 1 unspecified atom stereocenters. The van der Waals surface area contributed by atoms with Gasteiger partial charge in [0.25, 0.3) is 0 Å². The molecule has 0 spiro atoms. The third-order valence-electron chi connectivity index (χ3n) is 7.90. The summed E-state index contributed by atoms with van der Waals surface area (Å²) in [4.78, 5) is 20.8. The van der Waals surface area contributed by atoms with Gasteiger partial charge < -0.3 is 23.8 Å². The number of amides is 1. The second-order valence-corrected chi connectivity index (χ2v) is 10.5. The predicted molar refractivity (Wildman–Crippen MR) is 170 cm³/mol. The molecule has 3 aliphatic rings. The lowest BCUT2D eigenvalue weighted by Gasteiger charge is -2.43. The first-order valence-corrected chi connectivity index (χ1v) is 14.7. The number of fused-ring (bicyclic) bond motifs is 2. The number of rotatable bonds is 11. The number of aliphatic imine (C=N–C) groups is 1. The molecule has 1 saturated heterocycles. The number of carbonyl (C=O) groups is 1. The number of para-hydroxylation sites is 2. The maximum absolute atomic E-state index is 12.6. The molecule has 1 amide bonds. The van der Waals surface area contributed by atoms with Crippen LogP contribution >= 0.6 is 0 Å². The Morgan fingerprint density at radius 1 is 0.956 bits per heavy atom. The molecule has 0 bridgehead atoms. The van der Waals surface area contributed by atoms with E-state index in [1.807, 2.05) is 83.9 Å². The Bertz CT molecular complexity index is 1710. The zero-order valence-electron chi connectivity index (χ0n) is 25.2. The molecule has 230 valence electrons. The SMILES string of the molecule is COCCOC1=CC2N=CN(C#N)C(N3CCN(N(C=O)c4ccccc4Oc4cccc5ccccc45)CC3)=C2C=C1OC. The fourth-order valence-electron chi connectivity index (χ4n) is 5.72. The minimum absolute atomic E-state index is 0.330. The van der Waals surface area contributed by atoms with Crippen LogP contribution in [0.2, 0.25) is 0 Å². The lowest BCUT2D eigenvalue weighted by molar-refractivity contribution is -0.110. The van der Waals surface area contributed by atoms with Crippen LogP contribution in [0.3, 0.4) is 0 Å². The van der Waals surface area contributed by atoms with Gasteiger partial charge in [-0.25, -0.2) is 14.9 Å². The van der Waals surface area contributed by atoms with E-state index in [0.717, 1.165) is 28.6 Å². The Labute approximate surface area is 262 Å². The van der Waals surface area contributed by atoms with E-state index >= 15 is 0 Å². The minimum atomic E-state index is -0.330. The summed E-state index contributed by atoms with van der Waals surface area (Å²) in [5.74, 6) is 3.16. The fraction of sp³-hybridized carbons (Fsp3) is 0.265. The standard InChI is InChI=1S/C34H34N6O5/c1-42-18-19-44-33-21-28-27(20-32(33)43-2)34(38(22-35)23-36-28)37-14-16-39(17-15-37)40(24-41)29-11-5-6-12-31(29)45-30-13-7-9-25-8-3-4-10-26(25)30/h3-13,20-21,23-24,28H,14-19H2,1-2H3. The first-order chi connectivity index (χ1) is 22.1. The van der Waals surface area contributed by atoms with Crippen molar-refractivity contribution in [3.8, 4) is 17.7 Å². The highest BCUT2D eigenvalue weighted by molar-refractivity contribution is 5.89. The Kier molecular flexibility index (Phi) is 8.96. The van der Waals surface area contributed by atoms with Crippen LogP contribution in [0.1, 0.15) is 0 Å². The topological polar surface area (TPSA) is 103 Å². The average molecular weight is 607 g/mol. The highest BCUT2D eigenvalue weighted by Gasteiger charge is 2.34. The Morgan fingerprint density at radius 2 is 1.71 bits per heavy atom. The molecule has 0 radical (unpaired) electrons. The van der Waals surface area contributed by atoms with Crippen molar-refractivity contribution in [2.24, 2.45) is 4.99 Å². The smallest absolute Gasteiger partial charge is 0.228 e. The predicted octanol–water partition coefficient (Wildman–Crippen LogP) is 4.62. The molecule has 11 heteroatoms. The van der Waals surface area contributed by atoms with E-state index in [1.54, 1.807) is 25.6 Å². The van der Waals surface area contributed by atoms with Crippen LogP contribution < -0.4 is 9.75 Å². The van der Waals surface area contributed by atoms with Crippen LogP contribution in [0.15, 0.2) is 107 Å². The average Bonchev–Trinajstić information content (AvgIpc) is 3.09. The summed E-state index contributed by atoms with van der Waals surface area (Å²) >= 11 is 0. The monoisotopic (exact) mass is 606 g/mol. The van der Waals surface area contributed by atoms with Crippen LogP contribution in [0.25, 0.3) is 10.8 Å². The molecule has 45 heavy (non-hydrogen) atoms. The number of hydrazine groups is 1. The molecule has 3 aromatic carbocycles. The Balaban J connectivity index is 1.22. The number of carbonyl (C=O) groups excluding carboxylic acids is 1. The van der Waals surface area contributed by atoms with Crippen molar-refractivity contribution in [3.63, 3.8) is 0 Å². The summed E-state index contributed by atoms with van der Waals surface area (Å²) in [5.41, 5.74) is 1.48. The maximum Gasteiger partial charge on any atom is 0.228 e. The fourth-order valence-corrected chi connectivity index (χ4v) is 5.72. The van der Waals surface area contributed by atoms with Gasteiger partial charge >= 0.3 is 0 Å². The van der Waals surface area contributed by atoms with Crippen LogP contribution in [0, 0.1) is 11.5 Å². The van der Waals surface area contributed by atoms with E-state index in [-0.39, 0.29) is 6.04 Å². The first-order valence-electron chi connectivity index (χ1n) is 14.7. The second kappa shape index (κ2) is 13.5. The molecule has 1 aliphatic carbocycles. The van der Waals surface area contributed by atoms with Gasteiger partial charge in [-0.05, 0) is 35.7 Å². The number of hydrogen-bond donors (Lipinski definition) is 0. The van der Waals surface area contributed by atoms with Gasteiger partial charge in [-0.15, -0.1) is 0 Å². The van der Waals surface area contributed by atoms with E-state index in [1.165, 1.54) is 4.90 Å². The normalized spacial score (nSPS) is 18.1. The molecule has 3 aromatic rings. The summed E-state index contributed by atoms with van der Waals surface area (Å²) in [7, 11) is 3.20. The zero-order valence-corrected chi connectivity index (χ0v) is 25.2. The van der Waals surface area contributed by atoms with Gasteiger partial charge in [0.1, 0.15) is 36.2 Å². The molecule has 0 aromatic heterocycles. The number of methoxy groups -OCH3 is 2. The number of benzene rings is 3. The molecular weight excluding hydrogens is 572 g/mol. The molecular formula is C34H34N6O5. The largest absolute Gasteiger partial charge is 0.493 e. The van der Waals surface area contributed by atoms with Crippen molar-refractivity contribution in [2.75, 3.05) is 58.6 Å².